The second-order valence-electron chi connectivity index (χ2n) is 2.64. The lowest BCUT2D eigenvalue weighted by molar-refractivity contribution is -0.120. The molecule has 70 valence electrons. The van der Waals surface area contributed by atoms with Crippen molar-refractivity contribution in [1.29, 1.82) is 0 Å². The molecule has 13 heavy (non-hydrogen) atoms. The Labute approximate surface area is 80.8 Å². The normalized spacial score (nSPS) is 9.62. The van der Waals surface area contributed by atoms with Crippen LogP contribution in [-0.4, -0.2) is 11.8 Å². The summed E-state index contributed by atoms with van der Waals surface area (Å²) in [6.45, 7) is 1.90. The van der Waals surface area contributed by atoms with E-state index in [1.54, 1.807) is 16.8 Å². The number of rotatable bonds is 3. The molecule has 0 spiro atoms. The van der Waals surface area contributed by atoms with E-state index in [0.29, 0.717) is 12.0 Å². The van der Waals surface area contributed by atoms with E-state index in [1.165, 1.54) is 11.3 Å². The van der Waals surface area contributed by atoms with Crippen LogP contribution in [0.15, 0.2) is 16.8 Å². The molecule has 0 aromatic carbocycles. The first kappa shape index (κ1) is 9.92. The van der Waals surface area contributed by atoms with E-state index in [0.717, 1.165) is 6.42 Å². The van der Waals surface area contributed by atoms with Gasteiger partial charge in [-0.1, -0.05) is 6.92 Å². The molecular formula is C9H11NO2S. The van der Waals surface area contributed by atoms with E-state index < -0.39 is 0 Å². The van der Waals surface area contributed by atoms with Gasteiger partial charge in [-0.15, -0.1) is 0 Å². The molecule has 1 rings (SSSR count). The lowest BCUT2D eigenvalue weighted by Crippen LogP contribution is -2.29. The molecular weight excluding hydrogens is 186 g/mol. The Morgan fingerprint density at radius 3 is 2.85 bits per heavy atom. The van der Waals surface area contributed by atoms with E-state index in [9.17, 15) is 9.59 Å². The number of hydrogen-bond acceptors (Lipinski definition) is 3. The fourth-order valence-electron chi connectivity index (χ4n) is 0.882. The highest BCUT2D eigenvalue weighted by Gasteiger charge is 2.08. The van der Waals surface area contributed by atoms with Crippen LogP contribution in [0.1, 0.15) is 30.1 Å². The van der Waals surface area contributed by atoms with E-state index in [1.807, 2.05) is 6.92 Å². The smallest absolute Gasteiger partial charge is 0.258 e. The molecule has 0 bridgehead atoms. The van der Waals surface area contributed by atoms with Crippen LogP contribution in [0.4, 0.5) is 0 Å². The maximum atomic E-state index is 11.3. The Kier molecular flexibility index (Phi) is 3.64. The first-order valence-electron chi connectivity index (χ1n) is 4.10. The quantitative estimate of drug-likeness (QED) is 0.803. The number of amides is 2. The molecule has 2 amide bonds. The Balaban J connectivity index is 2.47. The van der Waals surface area contributed by atoms with E-state index >= 15 is 0 Å². The van der Waals surface area contributed by atoms with Crippen LogP contribution in [0.5, 0.6) is 0 Å². The summed E-state index contributed by atoms with van der Waals surface area (Å²) in [5.41, 5.74) is 0.550. The lowest BCUT2D eigenvalue weighted by atomic mass is 10.3. The highest BCUT2D eigenvalue weighted by Crippen LogP contribution is 2.05. The molecule has 1 aromatic rings. The van der Waals surface area contributed by atoms with E-state index in [-0.39, 0.29) is 11.8 Å². The van der Waals surface area contributed by atoms with Gasteiger partial charge >= 0.3 is 0 Å². The number of nitrogens with one attached hydrogen (secondary N) is 1. The van der Waals surface area contributed by atoms with Crippen molar-refractivity contribution < 1.29 is 9.59 Å². The lowest BCUT2D eigenvalue weighted by Gasteiger charge is -1.99. The summed E-state index contributed by atoms with van der Waals surface area (Å²) in [7, 11) is 0. The Morgan fingerprint density at radius 1 is 1.54 bits per heavy atom. The highest BCUT2D eigenvalue weighted by molar-refractivity contribution is 7.08. The Bertz CT molecular complexity index is 293. The number of carbonyl (C=O) groups excluding carboxylic acids is 2. The third kappa shape index (κ3) is 2.99. The summed E-state index contributed by atoms with van der Waals surface area (Å²) in [6, 6.07) is 1.69. The van der Waals surface area contributed by atoms with Crippen LogP contribution in [-0.2, 0) is 4.79 Å². The summed E-state index contributed by atoms with van der Waals surface area (Å²) < 4.78 is 0. The van der Waals surface area contributed by atoms with Gasteiger partial charge in [0.2, 0.25) is 5.91 Å². The number of imide groups is 1. The summed E-state index contributed by atoms with van der Waals surface area (Å²) in [4.78, 5) is 22.3. The first-order valence-corrected chi connectivity index (χ1v) is 5.04. The van der Waals surface area contributed by atoms with Crippen LogP contribution < -0.4 is 5.32 Å². The minimum atomic E-state index is -0.306. The summed E-state index contributed by atoms with van der Waals surface area (Å²) in [6.07, 6.45) is 1.15. The third-order valence-electron chi connectivity index (χ3n) is 1.51. The Hall–Kier alpha value is -1.16. The van der Waals surface area contributed by atoms with Gasteiger partial charge in [0.05, 0.1) is 5.56 Å². The molecule has 1 heterocycles. The van der Waals surface area contributed by atoms with Crippen molar-refractivity contribution >= 4 is 23.2 Å². The van der Waals surface area contributed by atoms with Crippen LogP contribution in [0.25, 0.3) is 0 Å². The second-order valence-corrected chi connectivity index (χ2v) is 3.42. The SMILES string of the molecule is CCCC(=O)NC(=O)c1ccsc1. The molecule has 0 saturated heterocycles. The monoisotopic (exact) mass is 197 g/mol. The van der Waals surface area contributed by atoms with Gasteiger partial charge in [-0.2, -0.15) is 11.3 Å². The molecule has 1 N–H and O–H groups in total. The predicted molar refractivity (Wildman–Crippen MR) is 51.7 cm³/mol. The summed E-state index contributed by atoms with van der Waals surface area (Å²) in [5, 5.41) is 5.83. The van der Waals surface area contributed by atoms with Crippen LogP contribution >= 0.6 is 11.3 Å². The van der Waals surface area contributed by atoms with Crippen molar-refractivity contribution in [3.8, 4) is 0 Å². The van der Waals surface area contributed by atoms with Gasteiger partial charge in [0.15, 0.2) is 0 Å². The van der Waals surface area contributed by atoms with Gasteiger partial charge in [0.25, 0.3) is 5.91 Å². The third-order valence-corrected chi connectivity index (χ3v) is 2.20. The molecule has 4 heteroatoms. The number of thiophene rings is 1. The van der Waals surface area contributed by atoms with Crippen molar-refractivity contribution in [3.05, 3.63) is 22.4 Å². The number of hydrogen-bond donors (Lipinski definition) is 1. The zero-order valence-corrected chi connectivity index (χ0v) is 8.19. The number of carbonyl (C=O) groups is 2. The zero-order chi connectivity index (χ0) is 9.68. The molecule has 1 aromatic heterocycles. The van der Waals surface area contributed by atoms with E-state index in [2.05, 4.69) is 5.32 Å². The minimum Gasteiger partial charge on any atom is -0.292 e. The molecule has 0 radical (unpaired) electrons. The predicted octanol–water partition coefficient (Wildman–Crippen LogP) is 1.80. The van der Waals surface area contributed by atoms with Crippen LogP contribution in [0, 0.1) is 0 Å². The fraction of sp³-hybridized carbons (Fsp3) is 0.333. The standard InChI is InChI=1S/C9H11NO2S/c1-2-3-8(11)10-9(12)7-4-5-13-6-7/h4-6H,2-3H2,1H3,(H,10,11,12). The Morgan fingerprint density at radius 2 is 2.31 bits per heavy atom. The molecule has 0 saturated carbocycles. The van der Waals surface area contributed by atoms with Crippen molar-refractivity contribution in [2.24, 2.45) is 0 Å². The van der Waals surface area contributed by atoms with Gasteiger partial charge in [0, 0.05) is 11.8 Å². The molecule has 0 unspecified atom stereocenters. The maximum absolute atomic E-state index is 11.3. The average Bonchev–Trinajstić information content (AvgIpc) is 2.55. The molecule has 0 atom stereocenters. The van der Waals surface area contributed by atoms with Crippen LogP contribution in [0.3, 0.4) is 0 Å². The fourth-order valence-corrected chi connectivity index (χ4v) is 1.52. The summed E-state index contributed by atoms with van der Waals surface area (Å²) >= 11 is 1.44. The maximum Gasteiger partial charge on any atom is 0.258 e. The van der Waals surface area contributed by atoms with Crippen molar-refractivity contribution in [2.75, 3.05) is 0 Å². The van der Waals surface area contributed by atoms with Gasteiger partial charge < -0.3 is 0 Å². The largest absolute Gasteiger partial charge is 0.292 e. The molecule has 0 aliphatic rings. The zero-order valence-electron chi connectivity index (χ0n) is 7.37. The summed E-state index contributed by atoms with van der Waals surface area (Å²) in [5.74, 6) is -0.515. The van der Waals surface area contributed by atoms with Gasteiger partial charge in [-0.05, 0) is 17.9 Å². The van der Waals surface area contributed by atoms with Crippen LogP contribution in [0.2, 0.25) is 0 Å². The second kappa shape index (κ2) is 4.77. The minimum absolute atomic E-state index is 0.210. The van der Waals surface area contributed by atoms with Gasteiger partial charge in [-0.3, -0.25) is 14.9 Å². The molecule has 3 nitrogen and oxygen atoms in total. The van der Waals surface area contributed by atoms with Crippen molar-refractivity contribution in [1.82, 2.24) is 5.32 Å². The van der Waals surface area contributed by atoms with Crippen molar-refractivity contribution in [3.63, 3.8) is 0 Å². The van der Waals surface area contributed by atoms with E-state index in [4.69, 9.17) is 0 Å². The molecule has 0 aliphatic heterocycles. The topological polar surface area (TPSA) is 46.2 Å². The highest BCUT2D eigenvalue weighted by atomic mass is 32.1. The van der Waals surface area contributed by atoms with Crippen molar-refractivity contribution in [2.45, 2.75) is 19.8 Å². The van der Waals surface area contributed by atoms with Gasteiger partial charge in [0.1, 0.15) is 0 Å². The molecule has 0 aliphatic carbocycles. The van der Waals surface area contributed by atoms with Gasteiger partial charge in [-0.25, -0.2) is 0 Å². The average molecular weight is 197 g/mol. The first-order chi connectivity index (χ1) is 6.24. The molecule has 0 fully saturated rings.